The fourth-order valence-electron chi connectivity index (χ4n) is 3.95. The molecule has 3 N–H and O–H groups in total. The zero-order chi connectivity index (χ0) is 24.7. The van der Waals surface area contributed by atoms with Gasteiger partial charge in [0.25, 0.3) is 0 Å². The summed E-state index contributed by atoms with van der Waals surface area (Å²) in [5, 5.41) is 33.4. The average Bonchev–Trinajstić information content (AvgIpc) is 3.31. The largest absolute Gasteiger partial charge is 0.488 e. The van der Waals surface area contributed by atoms with Gasteiger partial charge in [0.05, 0.1) is 11.9 Å². The van der Waals surface area contributed by atoms with Gasteiger partial charge in [0.1, 0.15) is 10.8 Å². The first-order valence-corrected chi connectivity index (χ1v) is 12.1. The van der Waals surface area contributed by atoms with Crippen LogP contribution in [0.25, 0.3) is 5.00 Å². The Bertz CT molecular complexity index is 1440. The highest BCUT2D eigenvalue weighted by atomic mass is 35.5. The standard InChI is InChI=1S/C24H22BClN6O2S/c1-13-14(2)35-24-20(13)21(17-6-10-19(26)11-7-17)28-22(23-31-29-15(3)32(23)24)30-27-12-16-4-8-18(9-5-16)25(33)34/h4-12,22,30,33-34H,1-3H3/b27-12-/t22-/m0/s1. The van der Waals surface area contributed by atoms with Crippen LogP contribution in [0.3, 0.4) is 0 Å². The molecule has 3 heterocycles. The molecule has 0 saturated carbocycles. The lowest BCUT2D eigenvalue weighted by molar-refractivity contribution is 0.426. The minimum Gasteiger partial charge on any atom is -0.423 e. The number of thiophene rings is 1. The summed E-state index contributed by atoms with van der Waals surface area (Å²) >= 11 is 7.85. The van der Waals surface area contributed by atoms with Gasteiger partial charge in [-0.3, -0.25) is 9.99 Å². The van der Waals surface area contributed by atoms with Gasteiger partial charge in [-0.2, -0.15) is 5.10 Å². The van der Waals surface area contributed by atoms with E-state index in [1.54, 1.807) is 41.8 Å². The quantitative estimate of drug-likeness (QED) is 0.220. The van der Waals surface area contributed by atoms with Gasteiger partial charge in [0.15, 0.2) is 12.0 Å². The average molecular weight is 505 g/mol. The maximum Gasteiger partial charge on any atom is 0.488 e. The van der Waals surface area contributed by atoms with Crippen LogP contribution in [-0.2, 0) is 0 Å². The van der Waals surface area contributed by atoms with E-state index in [0.717, 1.165) is 38.8 Å². The number of fused-ring (bicyclic) bond motifs is 3. The van der Waals surface area contributed by atoms with E-state index in [0.29, 0.717) is 16.3 Å². The van der Waals surface area contributed by atoms with Crippen molar-refractivity contribution < 1.29 is 10.0 Å². The number of hydrogen-bond acceptors (Lipinski definition) is 8. The summed E-state index contributed by atoms with van der Waals surface area (Å²) in [7, 11) is -1.51. The lowest BCUT2D eigenvalue weighted by Gasteiger charge is -2.12. The maximum absolute atomic E-state index is 9.28. The van der Waals surface area contributed by atoms with E-state index in [1.165, 1.54) is 4.88 Å². The van der Waals surface area contributed by atoms with Gasteiger partial charge in [-0.15, -0.1) is 21.5 Å². The molecule has 0 fully saturated rings. The molecule has 0 bridgehead atoms. The van der Waals surface area contributed by atoms with Gasteiger partial charge >= 0.3 is 7.12 Å². The zero-order valence-electron chi connectivity index (χ0n) is 19.3. The smallest absolute Gasteiger partial charge is 0.423 e. The van der Waals surface area contributed by atoms with Crippen LogP contribution in [0.2, 0.25) is 5.02 Å². The van der Waals surface area contributed by atoms with Crippen LogP contribution >= 0.6 is 22.9 Å². The maximum atomic E-state index is 9.28. The summed E-state index contributed by atoms with van der Waals surface area (Å²) in [5.74, 6) is 1.41. The molecule has 2 aromatic heterocycles. The Balaban J connectivity index is 1.58. The van der Waals surface area contributed by atoms with Crippen molar-refractivity contribution in [2.75, 3.05) is 0 Å². The monoisotopic (exact) mass is 504 g/mol. The van der Waals surface area contributed by atoms with E-state index in [-0.39, 0.29) is 0 Å². The third-order valence-corrected chi connectivity index (χ3v) is 7.37. The number of aromatic nitrogens is 3. The zero-order valence-corrected chi connectivity index (χ0v) is 20.8. The Labute approximate surface area is 211 Å². The van der Waals surface area contributed by atoms with Crippen molar-refractivity contribution in [2.45, 2.75) is 26.9 Å². The van der Waals surface area contributed by atoms with E-state index < -0.39 is 13.3 Å². The summed E-state index contributed by atoms with van der Waals surface area (Å²) in [6.45, 7) is 6.14. The molecular weight excluding hydrogens is 483 g/mol. The second-order valence-electron chi connectivity index (χ2n) is 8.22. The molecule has 0 spiro atoms. The molecule has 0 radical (unpaired) electrons. The first-order chi connectivity index (χ1) is 16.8. The van der Waals surface area contributed by atoms with Gasteiger partial charge in [-0.25, -0.2) is 4.99 Å². The fraction of sp³-hybridized carbons (Fsp3) is 0.167. The number of aliphatic imine (C=N–C) groups is 1. The number of benzene rings is 2. The summed E-state index contributed by atoms with van der Waals surface area (Å²) < 4.78 is 2.04. The van der Waals surface area contributed by atoms with E-state index >= 15 is 0 Å². The summed E-state index contributed by atoms with van der Waals surface area (Å²) in [5.41, 5.74) is 8.31. The minimum absolute atomic E-state index is 0.413. The van der Waals surface area contributed by atoms with Gasteiger partial charge in [-0.1, -0.05) is 48.0 Å². The second-order valence-corrected chi connectivity index (χ2v) is 9.86. The third kappa shape index (κ3) is 4.41. The Kier molecular flexibility index (Phi) is 6.29. The number of hydrogen-bond donors (Lipinski definition) is 3. The summed E-state index contributed by atoms with van der Waals surface area (Å²) in [6, 6.07) is 14.4. The van der Waals surface area contributed by atoms with Gasteiger partial charge in [0.2, 0.25) is 0 Å². The van der Waals surface area contributed by atoms with E-state index in [1.807, 2.05) is 35.8 Å². The molecule has 0 amide bonds. The Morgan fingerprint density at radius 3 is 2.46 bits per heavy atom. The van der Waals surface area contributed by atoms with Crippen molar-refractivity contribution in [3.8, 4) is 5.00 Å². The number of aryl methyl sites for hydroxylation is 2. The van der Waals surface area contributed by atoms with Crippen LogP contribution in [0.15, 0.2) is 58.6 Å². The highest BCUT2D eigenvalue weighted by Crippen LogP contribution is 2.38. The second kappa shape index (κ2) is 9.39. The Morgan fingerprint density at radius 1 is 1.06 bits per heavy atom. The predicted molar refractivity (Wildman–Crippen MR) is 140 cm³/mol. The van der Waals surface area contributed by atoms with Crippen molar-refractivity contribution in [1.82, 2.24) is 20.2 Å². The topological polar surface area (TPSA) is 108 Å². The predicted octanol–water partition coefficient (Wildman–Crippen LogP) is 3.06. The van der Waals surface area contributed by atoms with Crippen molar-refractivity contribution in [2.24, 2.45) is 10.1 Å². The first-order valence-electron chi connectivity index (χ1n) is 10.9. The number of nitrogens with zero attached hydrogens (tertiary/aromatic N) is 5. The molecule has 0 aliphatic carbocycles. The molecule has 35 heavy (non-hydrogen) atoms. The number of nitrogens with one attached hydrogen (secondary N) is 1. The molecule has 2 aromatic carbocycles. The first kappa shape index (κ1) is 23.4. The number of halogens is 1. The van der Waals surface area contributed by atoms with Gasteiger partial charge < -0.3 is 10.0 Å². The normalized spacial score (nSPS) is 14.9. The molecule has 11 heteroatoms. The minimum atomic E-state index is -1.51. The summed E-state index contributed by atoms with van der Waals surface area (Å²) in [4.78, 5) is 6.29. The summed E-state index contributed by atoms with van der Waals surface area (Å²) in [6.07, 6.45) is 1.06. The molecule has 5 rings (SSSR count). The van der Waals surface area contributed by atoms with E-state index in [9.17, 15) is 10.0 Å². The van der Waals surface area contributed by atoms with Crippen molar-refractivity contribution in [3.63, 3.8) is 0 Å². The molecule has 176 valence electrons. The van der Waals surface area contributed by atoms with Crippen LogP contribution < -0.4 is 10.9 Å². The van der Waals surface area contributed by atoms with Gasteiger partial charge in [0, 0.05) is 21.0 Å². The highest BCUT2D eigenvalue weighted by molar-refractivity contribution is 7.15. The van der Waals surface area contributed by atoms with Crippen molar-refractivity contribution in [3.05, 3.63) is 92.3 Å². The lowest BCUT2D eigenvalue weighted by atomic mass is 9.80. The highest BCUT2D eigenvalue weighted by Gasteiger charge is 2.31. The number of hydrazone groups is 1. The Hall–Kier alpha value is -3.31. The van der Waals surface area contributed by atoms with Crippen LogP contribution in [0.1, 0.15) is 44.9 Å². The van der Waals surface area contributed by atoms with Crippen molar-refractivity contribution in [1.29, 1.82) is 0 Å². The molecule has 1 atom stereocenters. The van der Waals surface area contributed by atoms with Crippen molar-refractivity contribution >= 4 is 47.4 Å². The lowest BCUT2D eigenvalue weighted by Crippen LogP contribution is -2.29. The van der Waals surface area contributed by atoms with E-state index in [4.69, 9.17) is 16.6 Å². The van der Waals surface area contributed by atoms with Crippen LogP contribution in [0.5, 0.6) is 0 Å². The Morgan fingerprint density at radius 2 is 1.77 bits per heavy atom. The van der Waals surface area contributed by atoms with Crippen LogP contribution in [0.4, 0.5) is 0 Å². The van der Waals surface area contributed by atoms with E-state index in [2.05, 4.69) is 34.6 Å². The molecule has 1 aliphatic rings. The molecule has 1 aliphatic heterocycles. The van der Waals surface area contributed by atoms with Gasteiger partial charge in [-0.05, 0) is 49.5 Å². The molecule has 0 unspecified atom stereocenters. The molecule has 0 saturated heterocycles. The molecular formula is C24H22BClN6O2S. The fourth-order valence-corrected chi connectivity index (χ4v) is 5.29. The third-order valence-electron chi connectivity index (χ3n) is 5.92. The number of rotatable bonds is 5. The van der Waals surface area contributed by atoms with Crippen LogP contribution in [-0.4, -0.2) is 43.9 Å². The van der Waals surface area contributed by atoms with Crippen LogP contribution in [0, 0.1) is 20.8 Å². The molecule has 4 aromatic rings. The SMILES string of the molecule is Cc1sc2c(c1C)C(c1ccc(Cl)cc1)=N[C@@H](N/N=C\c1ccc(B(O)O)cc1)c1nnc(C)n1-2. The molecule has 8 nitrogen and oxygen atoms in total.